The highest BCUT2D eigenvalue weighted by atomic mass is 16.6. The van der Waals surface area contributed by atoms with Crippen LogP contribution in [0.3, 0.4) is 0 Å². The number of aliphatic hydroxyl groups excluding tert-OH is 1. The second-order valence-electron chi connectivity index (χ2n) is 14.4. The molecule has 300 valence electrons. The fourth-order valence-electron chi connectivity index (χ4n) is 6.05. The molecular weight excluding hydrogens is 645 g/mol. The molecule has 1 atom stereocenters. The van der Waals surface area contributed by atoms with Crippen molar-refractivity contribution in [1.82, 2.24) is 0 Å². The molecule has 5 heteroatoms. The third-order valence-electron chi connectivity index (χ3n) is 9.33. The maximum atomic E-state index is 12.2. The van der Waals surface area contributed by atoms with E-state index in [0.717, 1.165) is 89.9 Å². The Morgan fingerprint density at radius 1 is 0.462 bits per heavy atom. The highest BCUT2D eigenvalue weighted by Crippen LogP contribution is 2.15. The Labute approximate surface area is 321 Å². The Morgan fingerprint density at radius 2 is 0.827 bits per heavy atom. The molecule has 0 aliphatic rings. The molecule has 1 N–H and O–H groups in total. The predicted molar refractivity (Wildman–Crippen MR) is 223 cm³/mol. The van der Waals surface area contributed by atoms with Crippen LogP contribution >= 0.6 is 0 Å². The number of esters is 2. The highest BCUT2D eigenvalue weighted by Gasteiger charge is 2.16. The number of allylic oxidation sites excluding steroid dienone is 10. The lowest BCUT2D eigenvalue weighted by atomic mass is 10.0. The maximum absolute atomic E-state index is 12.2. The van der Waals surface area contributed by atoms with Crippen LogP contribution in [0.4, 0.5) is 0 Å². The van der Waals surface area contributed by atoms with E-state index in [4.69, 9.17) is 9.47 Å². The van der Waals surface area contributed by atoms with Crippen LogP contribution in [-0.4, -0.2) is 36.4 Å². The van der Waals surface area contributed by atoms with Crippen molar-refractivity contribution in [3.8, 4) is 0 Å². The summed E-state index contributed by atoms with van der Waals surface area (Å²) in [4.78, 5) is 24.3. The summed E-state index contributed by atoms with van der Waals surface area (Å²) in [7, 11) is 0. The average molecular weight is 727 g/mol. The lowest BCUT2D eigenvalue weighted by Gasteiger charge is -2.15. The molecule has 5 nitrogen and oxygen atoms in total. The van der Waals surface area contributed by atoms with Crippen molar-refractivity contribution >= 4 is 11.9 Å². The van der Waals surface area contributed by atoms with Crippen LogP contribution in [0.5, 0.6) is 0 Å². The first kappa shape index (κ1) is 49.6. The SMILES string of the molecule is CC/C=C\C/C=C\C/C=C\C/C=C\C/C=C\CCCCCCCC(=O)OC(CO)COC(=O)CCCCCCCCCCCCCCCCCCC. The highest BCUT2D eigenvalue weighted by molar-refractivity contribution is 5.70. The number of hydrogen-bond acceptors (Lipinski definition) is 5. The molecule has 0 aromatic carbocycles. The van der Waals surface area contributed by atoms with E-state index < -0.39 is 6.10 Å². The minimum atomic E-state index is -0.782. The number of carbonyl (C=O) groups is 2. The second kappa shape index (κ2) is 43.0. The van der Waals surface area contributed by atoms with E-state index in [-0.39, 0.29) is 25.2 Å². The van der Waals surface area contributed by atoms with Gasteiger partial charge in [-0.2, -0.15) is 0 Å². The lowest BCUT2D eigenvalue weighted by Crippen LogP contribution is -2.28. The van der Waals surface area contributed by atoms with Gasteiger partial charge in [0.1, 0.15) is 6.61 Å². The minimum Gasteiger partial charge on any atom is -0.462 e. The van der Waals surface area contributed by atoms with Crippen LogP contribution in [0.2, 0.25) is 0 Å². The molecule has 0 radical (unpaired) electrons. The van der Waals surface area contributed by atoms with Crippen molar-refractivity contribution in [1.29, 1.82) is 0 Å². The summed E-state index contributed by atoms with van der Waals surface area (Å²) in [6.07, 6.45) is 55.7. The normalized spacial score (nSPS) is 12.8. The van der Waals surface area contributed by atoms with E-state index >= 15 is 0 Å². The van der Waals surface area contributed by atoms with Gasteiger partial charge in [-0.05, 0) is 57.8 Å². The van der Waals surface area contributed by atoms with Gasteiger partial charge >= 0.3 is 11.9 Å². The van der Waals surface area contributed by atoms with Gasteiger partial charge < -0.3 is 14.6 Å². The monoisotopic (exact) mass is 727 g/mol. The number of carbonyl (C=O) groups excluding carboxylic acids is 2. The van der Waals surface area contributed by atoms with Gasteiger partial charge in [0.2, 0.25) is 0 Å². The zero-order chi connectivity index (χ0) is 37.8. The minimum absolute atomic E-state index is 0.0736. The topological polar surface area (TPSA) is 72.8 Å². The van der Waals surface area contributed by atoms with Crippen LogP contribution in [-0.2, 0) is 19.1 Å². The first-order chi connectivity index (χ1) is 25.6. The fraction of sp³-hybridized carbons (Fsp3) is 0.745. The Hall–Kier alpha value is -2.40. The number of unbranched alkanes of at least 4 members (excludes halogenated alkanes) is 21. The smallest absolute Gasteiger partial charge is 0.306 e. The molecule has 0 rings (SSSR count). The summed E-state index contributed by atoms with van der Waals surface area (Å²) < 4.78 is 10.6. The van der Waals surface area contributed by atoms with Crippen molar-refractivity contribution in [2.24, 2.45) is 0 Å². The number of rotatable bonds is 39. The van der Waals surface area contributed by atoms with Gasteiger partial charge in [0, 0.05) is 12.8 Å². The molecule has 0 spiro atoms. The van der Waals surface area contributed by atoms with E-state index in [1.165, 1.54) is 89.9 Å². The van der Waals surface area contributed by atoms with Crippen molar-refractivity contribution in [3.63, 3.8) is 0 Å². The Bertz CT molecular complexity index is 915. The van der Waals surface area contributed by atoms with Gasteiger partial charge in [0.25, 0.3) is 0 Å². The number of hydrogen-bond donors (Lipinski definition) is 1. The summed E-state index contributed by atoms with van der Waals surface area (Å²) in [6.45, 7) is 4.02. The Balaban J connectivity index is 3.58. The van der Waals surface area contributed by atoms with Crippen molar-refractivity contribution in [2.75, 3.05) is 13.2 Å². The van der Waals surface area contributed by atoms with E-state index in [1.54, 1.807) is 0 Å². The summed E-state index contributed by atoms with van der Waals surface area (Å²) in [5, 5.41) is 9.58. The molecule has 0 amide bonds. The van der Waals surface area contributed by atoms with Gasteiger partial charge in [0.05, 0.1) is 6.61 Å². The summed E-state index contributed by atoms with van der Waals surface area (Å²) >= 11 is 0. The van der Waals surface area contributed by atoms with Gasteiger partial charge in [-0.3, -0.25) is 9.59 Å². The molecular formula is C47H82O5. The Morgan fingerprint density at radius 3 is 1.25 bits per heavy atom. The standard InChI is InChI=1S/C47H82O5/c1-3-5-7-9-11-13-15-17-19-21-22-23-24-26-28-30-32-34-36-38-40-42-47(50)52-45(43-48)44-51-46(49)41-39-37-35-33-31-29-27-25-20-18-16-14-12-10-8-6-4-2/h5,7,11,13,17,19,22-23,26,28,45,48H,3-4,6,8-10,12,14-16,18,20-21,24-25,27,29-44H2,1-2H3/b7-5-,13-11-,19-17-,23-22-,28-26-. The summed E-state index contributed by atoms with van der Waals surface area (Å²) in [5.74, 6) is -0.609. The predicted octanol–water partition coefficient (Wildman–Crippen LogP) is 14.0. The maximum Gasteiger partial charge on any atom is 0.306 e. The third-order valence-corrected chi connectivity index (χ3v) is 9.33. The van der Waals surface area contributed by atoms with Crippen molar-refractivity contribution in [2.45, 2.75) is 213 Å². The third kappa shape index (κ3) is 40.4. The zero-order valence-corrected chi connectivity index (χ0v) is 34.1. The number of ether oxygens (including phenoxy) is 2. The summed E-state index contributed by atoms with van der Waals surface area (Å²) in [6, 6.07) is 0. The van der Waals surface area contributed by atoms with E-state index in [9.17, 15) is 14.7 Å². The molecule has 0 fully saturated rings. The molecule has 0 saturated heterocycles. The van der Waals surface area contributed by atoms with Crippen molar-refractivity contribution < 1.29 is 24.2 Å². The second-order valence-corrected chi connectivity index (χ2v) is 14.4. The van der Waals surface area contributed by atoms with Crippen LogP contribution in [0, 0.1) is 0 Å². The molecule has 0 bridgehead atoms. The molecule has 0 aromatic heterocycles. The van der Waals surface area contributed by atoms with Crippen LogP contribution in [0.15, 0.2) is 60.8 Å². The fourth-order valence-corrected chi connectivity index (χ4v) is 6.05. The van der Waals surface area contributed by atoms with Crippen molar-refractivity contribution in [3.05, 3.63) is 60.8 Å². The first-order valence-corrected chi connectivity index (χ1v) is 21.8. The molecule has 1 unspecified atom stereocenters. The largest absolute Gasteiger partial charge is 0.462 e. The van der Waals surface area contributed by atoms with Crippen LogP contribution < -0.4 is 0 Å². The van der Waals surface area contributed by atoms with E-state index in [1.807, 2.05) is 0 Å². The zero-order valence-electron chi connectivity index (χ0n) is 34.1. The molecule has 0 heterocycles. The summed E-state index contributed by atoms with van der Waals surface area (Å²) in [5.41, 5.74) is 0. The van der Waals surface area contributed by atoms with E-state index in [2.05, 4.69) is 74.6 Å². The molecule has 0 aromatic rings. The molecule has 52 heavy (non-hydrogen) atoms. The number of aliphatic hydroxyl groups is 1. The van der Waals surface area contributed by atoms with Gasteiger partial charge in [0.15, 0.2) is 6.10 Å². The quantitative estimate of drug-likeness (QED) is 0.0388. The average Bonchev–Trinajstić information content (AvgIpc) is 3.15. The van der Waals surface area contributed by atoms with Gasteiger partial charge in [-0.15, -0.1) is 0 Å². The van der Waals surface area contributed by atoms with Crippen LogP contribution in [0.25, 0.3) is 0 Å². The van der Waals surface area contributed by atoms with Crippen LogP contribution in [0.1, 0.15) is 206 Å². The first-order valence-electron chi connectivity index (χ1n) is 21.8. The lowest BCUT2D eigenvalue weighted by molar-refractivity contribution is -0.161. The van der Waals surface area contributed by atoms with Gasteiger partial charge in [-0.1, -0.05) is 197 Å². The Kier molecular flexibility index (Phi) is 41.0. The molecule has 0 saturated carbocycles. The van der Waals surface area contributed by atoms with E-state index in [0.29, 0.717) is 12.8 Å². The molecule has 0 aliphatic carbocycles. The molecule has 0 aliphatic heterocycles. The van der Waals surface area contributed by atoms with Gasteiger partial charge in [-0.25, -0.2) is 0 Å².